The van der Waals surface area contributed by atoms with Gasteiger partial charge >= 0.3 is 0 Å². The van der Waals surface area contributed by atoms with Crippen LogP contribution in [-0.2, 0) is 5.41 Å². The quantitative estimate of drug-likeness (QED) is 0.203. The van der Waals surface area contributed by atoms with Crippen molar-refractivity contribution in [2.75, 3.05) is 0 Å². The average molecular weight is 511 g/mol. The summed E-state index contributed by atoms with van der Waals surface area (Å²) < 4.78 is 0. The average Bonchev–Trinajstić information content (AvgIpc) is 2.98. The van der Waals surface area contributed by atoms with Crippen molar-refractivity contribution in [2.24, 2.45) is 0 Å². The smallest absolute Gasteiger partial charge is 0.00206 e. The SMILES string of the molecule is CC(C)(C)c1cc2ccc3ccc(-c4ccc5cc(-c6ccc7ccccc7c6)ccc5c4)c4ccc(c1)c2c34. The first-order valence-electron chi connectivity index (χ1n) is 14.2. The molecule has 0 heterocycles. The second-order valence-electron chi connectivity index (χ2n) is 12.3. The summed E-state index contributed by atoms with van der Waals surface area (Å²) in [6, 6.07) is 47.7. The highest BCUT2D eigenvalue weighted by Crippen LogP contribution is 2.41. The molecule has 0 aromatic heterocycles. The monoisotopic (exact) mass is 510 g/mol. The van der Waals surface area contributed by atoms with Gasteiger partial charge in [0.05, 0.1) is 0 Å². The van der Waals surface area contributed by atoms with Crippen LogP contribution in [0.2, 0.25) is 0 Å². The van der Waals surface area contributed by atoms with Gasteiger partial charge in [-0.2, -0.15) is 0 Å². The van der Waals surface area contributed by atoms with Crippen molar-refractivity contribution in [1.29, 1.82) is 0 Å². The highest BCUT2D eigenvalue weighted by molar-refractivity contribution is 6.25. The predicted octanol–water partition coefficient (Wildman–Crippen LogP) is 11.5. The molecule has 0 spiro atoms. The Morgan fingerprint density at radius 2 is 0.875 bits per heavy atom. The molecule has 8 rings (SSSR count). The molecule has 8 aromatic carbocycles. The van der Waals surface area contributed by atoms with Gasteiger partial charge in [-0.15, -0.1) is 0 Å². The third-order valence-corrected chi connectivity index (χ3v) is 8.70. The lowest BCUT2D eigenvalue weighted by atomic mass is 9.82. The van der Waals surface area contributed by atoms with Crippen LogP contribution in [0.3, 0.4) is 0 Å². The van der Waals surface area contributed by atoms with Gasteiger partial charge in [0.25, 0.3) is 0 Å². The molecule has 0 saturated heterocycles. The summed E-state index contributed by atoms with van der Waals surface area (Å²) in [6.45, 7) is 6.88. The van der Waals surface area contributed by atoms with Crippen molar-refractivity contribution in [2.45, 2.75) is 26.2 Å². The fraction of sp³-hybridized carbons (Fsp3) is 0.100. The molecule has 0 aliphatic carbocycles. The van der Waals surface area contributed by atoms with E-state index in [2.05, 4.69) is 148 Å². The molecule has 8 aromatic rings. The topological polar surface area (TPSA) is 0 Å². The summed E-state index contributed by atoms with van der Waals surface area (Å²) >= 11 is 0. The molecule has 0 atom stereocenters. The number of rotatable bonds is 2. The first-order chi connectivity index (χ1) is 19.4. The summed E-state index contributed by atoms with van der Waals surface area (Å²) in [7, 11) is 0. The maximum absolute atomic E-state index is 2.39. The van der Waals surface area contributed by atoms with Crippen molar-refractivity contribution >= 4 is 53.9 Å². The molecule has 0 bridgehead atoms. The minimum absolute atomic E-state index is 0.120. The van der Waals surface area contributed by atoms with Crippen LogP contribution in [0.1, 0.15) is 26.3 Å². The van der Waals surface area contributed by atoms with Gasteiger partial charge in [-0.3, -0.25) is 0 Å². The summed E-state index contributed by atoms with van der Waals surface area (Å²) in [5, 5.41) is 13.1. The van der Waals surface area contributed by atoms with Crippen molar-refractivity contribution in [3.05, 3.63) is 133 Å². The van der Waals surface area contributed by atoms with E-state index >= 15 is 0 Å². The van der Waals surface area contributed by atoms with E-state index in [0.717, 1.165) is 0 Å². The van der Waals surface area contributed by atoms with Crippen LogP contribution in [0, 0.1) is 0 Å². The molecule has 0 aliphatic rings. The molecule has 0 nitrogen and oxygen atoms in total. The van der Waals surface area contributed by atoms with Gasteiger partial charge in [0.15, 0.2) is 0 Å². The first-order valence-corrected chi connectivity index (χ1v) is 14.2. The minimum atomic E-state index is 0.120. The molecule has 0 radical (unpaired) electrons. The highest BCUT2D eigenvalue weighted by atomic mass is 14.2. The van der Waals surface area contributed by atoms with Crippen LogP contribution in [0.25, 0.3) is 76.1 Å². The van der Waals surface area contributed by atoms with E-state index in [4.69, 9.17) is 0 Å². The van der Waals surface area contributed by atoms with E-state index in [9.17, 15) is 0 Å². The Labute approximate surface area is 234 Å². The van der Waals surface area contributed by atoms with Crippen LogP contribution in [0.5, 0.6) is 0 Å². The zero-order valence-electron chi connectivity index (χ0n) is 23.1. The van der Waals surface area contributed by atoms with E-state index in [-0.39, 0.29) is 5.41 Å². The van der Waals surface area contributed by atoms with Crippen LogP contribution in [0.15, 0.2) is 127 Å². The summed E-state index contributed by atoms with van der Waals surface area (Å²) in [4.78, 5) is 0. The Morgan fingerprint density at radius 1 is 0.375 bits per heavy atom. The summed E-state index contributed by atoms with van der Waals surface area (Å²) in [6.07, 6.45) is 0. The largest absolute Gasteiger partial charge is 0.0616 e. The van der Waals surface area contributed by atoms with Crippen LogP contribution >= 0.6 is 0 Å². The van der Waals surface area contributed by atoms with Gasteiger partial charge < -0.3 is 0 Å². The lowest BCUT2D eigenvalue weighted by Crippen LogP contribution is -2.10. The second-order valence-corrected chi connectivity index (χ2v) is 12.3. The Kier molecular flexibility index (Phi) is 4.88. The molecule has 0 amide bonds. The van der Waals surface area contributed by atoms with Crippen molar-refractivity contribution in [1.82, 2.24) is 0 Å². The number of hydrogen-bond donors (Lipinski definition) is 0. The van der Waals surface area contributed by atoms with E-state index in [0.29, 0.717) is 0 Å². The van der Waals surface area contributed by atoms with Crippen LogP contribution in [0.4, 0.5) is 0 Å². The van der Waals surface area contributed by atoms with Crippen LogP contribution < -0.4 is 0 Å². The first kappa shape index (κ1) is 23.2. The molecule has 190 valence electrons. The molecule has 0 N–H and O–H groups in total. The van der Waals surface area contributed by atoms with E-state index in [1.807, 2.05) is 0 Å². The molecular weight excluding hydrogens is 480 g/mol. The molecule has 0 unspecified atom stereocenters. The van der Waals surface area contributed by atoms with Crippen molar-refractivity contribution < 1.29 is 0 Å². The number of benzene rings is 8. The summed E-state index contributed by atoms with van der Waals surface area (Å²) in [5.74, 6) is 0. The van der Waals surface area contributed by atoms with E-state index < -0.39 is 0 Å². The van der Waals surface area contributed by atoms with E-state index in [1.165, 1.54) is 81.7 Å². The third-order valence-electron chi connectivity index (χ3n) is 8.70. The minimum Gasteiger partial charge on any atom is -0.0616 e. The molecule has 0 saturated carbocycles. The molecule has 0 fully saturated rings. The Bertz CT molecular complexity index is 2220. The molecular formula is C40H30. The van der Waals surface area contributed by atoms with Crippen molar-refractivity contribution in [3.63, 3.8) is 0 Å². The Balaban J connectivity index is 1.26. The van der Waals surface area contributed by atoms with Crippen molar-refractivity contribution in [3.8, 4) is 22.3 Å². The fourth-order valence-electron chi connectivity index (χ4n) is 6.47. The van der Waals surface area contributed by atoms with Gasteiger partial charge in [0, 0.05) is 0 Å². The number of fused-ring (bicyclic) bond motifs is 2. The lowest BCUT2D eigenvalue weighted by Gasteiger charge is -2.22. The maximum atomic E-state index is 2.39. The highest BCUT2D eigenvalue weighted by Gasteiger charge is 2.18. The Morgan fingerprint density at radius 3 is 1.57 bits per heavy atom. The zero-order chi connectivity index (χ0) is 27.0. The third kappa shape index (κ3) is 3.60. The zero-order valence-corrected chi connectivity index (χ0v) is 23.1. The summed E-state index contributed by atoms with van der Waals surface area (Å²) in [5.41, 5.74) is 6.57. The Hall–Kier alpha value is -4.68. The van der Waals surface area contributed by atoms with Gasteiger partial charge in [-0.05, 0) is 105 Å². The second kappa shape index (κ2) is 8.41. The fourth-order valence-corrected chi connectivity index (χ4v) is 6.47. The van der Waals surface area contributed by atoms with E-state index in [1.54, 1.807) is 0 Å². The maximum Gasteiger partial charge on any atom is -0.00206 e. The molecule has 40 heavy (non-hydrogen) atoms. The normalized spacial score (nSPS) is 12.4. The van der Waals surface area contributed by atoms with Gasteiger partial charge in [0.2, 0.25) is 0 Å². The number of hydrogen-bond acceptors (Lipinski definition) is 0. The molecule has 0 aliphatic heterocycles. The predicted molar refractivity (Wildman–Crippen MR) is 175 cm³/mol. The van der Waals surface area contributed by atoms with Gasteiger partial charge in [-0.1, -0.05) is 130 Å². The molecule has 0 heteroatoms. The lowest BCUT2D eigenvalue weighted by molar-refractivity contribution is 0.591. The van der Waals surface area contributed by atoms with Crippen LogP contribution in [-0.4, -0.2) is 0 Å². The van der Waals surface area contributed by atoms with Gasteiger partial charge in [0.1, 0.15) is 0 Å². The van der Waals surface area contributed by atoms with Gasteiger partial charge in [-0.25, -0.2) is 0 Å². The standard InChI is InChI=1S/C40H30/c1-40(2,3)35-23-33-15-9-26-16-18-36(37-19-17-34(24-35)38(33)39(26)37)32-14-13-30-21-29(11-12-31(30)22-32)28-10-8-25-6-4-5-7-27(25)20-28/h4-24H,1-3H3.